The number of para-hydroxylation sites is 3. The minimum atomic E-state index is -1.52. The van der Waals surface area contributed by atoms with Crippen molar-refractivity contribution in [3.63, 3.8) is 0 Å². The monoisotopic (exact) mass is 1680 g/mol. The average molecular weight is 1690 g/mol. The number of carbonyl (C=O) groups is 5. The van der Waals surface area contributed by atoms with E-state index in [2.05, 4.69) is 25.6 Å². The predicted molar refractivity (Wildman–Crippen MR) is 454 cm³/mol. The second-order valence-electron chi connectivity index (χ2n) is 28.5. The number of aromatic nitrogens is 9. The van der Waals surface area contributed by atoms with Crippen molar-refractivity contribution in [1.29, 1.82) is 0 Å². The second kappa shape index (κ2) is 39.6. The van der Waals surface area contributed by atoms with Crippen LogP contribution in [0.2, 0.25) is 0 Å². The van der Waals surface area contributed by atoms with Gasteiger partial charge in [0.1, 0.15) is 69.5 Å². The number of methoxy groups -OCH3 is 2. The number of fused-ring (bicyclic) bond motifs is 6. The molecule has 2 fully saturated rings. The topological polar surface area (TPSA) is 347 Å². The molecule has 9 aromatic heterocycles. The number of pyridine rings is 6. The molecular formula is C88H90ClF4LiN14O14. The molecule has 28 nitrogen and oxygen atoms in total. The van der Waals surface area contributed by atoms with Gasteiger partial charge in [0.25, 0.3) is 28.5 Å². The molecule has 2 amide bonds. The molecule has 0 radical (unpaired) electrons. The van der Waals surface area contributed by atoms with Crippen LogP contribution in [0.15, 0.2) is 203 Å². The van der Waals surface area contributed by atoms with Crippen molar-refractivity contribution in [2.24, 2.45) is 26.9 Å². The van der Waals surface area contributed by atoms with Gasteiger partial charge in [0, 0.05) is 148 Å². The smallest absolute Gasteiger partial charge is 0.870 e. The van der Waals surface area contributed by atoms with Crippen molar-refractivity contribution in [2.45, 2.75) is 78.2 Å². The van der Waals surface area contributed by atoms with Crippen LogP contribution >= 0.6 is 12.4 Å². The molecule has 0 saturated carbocycles. The summed E-state index contributed by atoms with van der Waals surface area (Å²) >= 11 is 0. The summed E-state index contributed by atoms with van der Waals surface area (Å²) in [5, 5.41) is 17.4. The number of aryl methyl sites for hydroxylation is 3. The van der Waals surface area contributed by atoms with Gasteiger partial charge in [0.05, 0.1) is 73.9 Å². The number of nitrogens with zero attached hydrogens (tertiary/aromatic N) is 11. The fourth-order valence-electron chi connectivity index (χ4n) is 15.2. The Morgan fingerprint density at radius 3 is 1.14 bits per heavy atom. The Bertz CT molecular complexity index is 6430. The molecule has 2 aliphatic heterocycles. The van der Waals surface area contributed by atoms with Crippen LogP contribution in [0.3, 0.4) is 0 Å². The summed E-state index contributed by atoms with van der Waals surface area (Å²) in [4.78, 5) is 119. The summed E-state index contributed by atoms with van der Waals surface area (Å²) in [6.45, 7) is 6.25. The number of carboxylic acid groups (broad SMARTS) is 1. The molecule has 16 rings (SSSR count). The number of carbonyl (C=O) groups excluding carboxylic acids is 4. The van der Waals surface area contributed by atoms with Crippen LogP contribution in [-0.2, 0) is 73.7 Å². The summed E-state index contributed by atoms with van der Waals surface area (Å²) in [6.07, 6.45) is 9.80. The Kier molecular flexibility index (Phi) is 30.2. The summed E-state index contributed by atoms with van der Waals surface area (Å²) in [5.74, 6) is -9.25. The van der Waals surface area contributed by atoms with Gasteiger partial charge in [-0.15, -0.1) is 12.4 Å². The maximum absolute atomic E-state index is 15.2. The normalized spacial score (nSPS) is 14.4. The van der Waals surface area contributed by atoms with Gasteiger partial charge >= 0.3 is 36.8 Å². The number of rotatable bonds is 18. The van der Waals surface area contributed by atoms with Crippen LogP contribution < -0.4 is 61.7 Å². The Morgan fingerprint density at radius 1 is 0.492 bits per heavy atom. The average Bonchev–Trinajstić information content (AvgIpc) is 1.47. The Balaban J connectivity index is 0.000000209. The molecule has 0 unspecified atom stereocenters. The molecule has 5 aromatic carbocycles. The number of morpholine rings is 2. The van der Waals surface area contributed by atoms with Crippen LogP contribution in [0, 0.1) is 23.3 Å². The quantitative estimate of drug-likeness (QED) is 0.0358. The van der Waals surface area contributed by atoms with Gasteiger partial charge < -0.3 is 82.6 Å². The van der Waals surface area contributed by atoms with E-state index in [1.165, 1.54) is 13.3 Å². The van der Waals surface area contributed by atoms with Crippen molar-refractivity contribution in [3.05, 3.63) is 271 Å². The van der Waals surface area contributed by atoms with Crippen molar-refractivity contribution >= 4 is 103 Å². The van der Waals surface area contributed by atoms with E-state index in [4.69, 9.17) is 24.7 Å². The molecule has 2 aliphatic rings. The van der Waals surface area contributed by atoms with Gasteiger partial charge in [-0.25, -0.2) is 42.1 Å². The molecule has 14 aromatic rings. The van der Waals surface area contributed by atoms with Crippen LogP contribution in [0.1, 0.15) is 66.5 Å². The van der Waals surface area contributed by atoms with Crippen LogP contribution in [0.25, 0.3) is 83.0 Å². The third-order valence-corrected chi connectivity index (χ3v) is 21.2. The van der Waals surface area contributed by atoms with E-state index in [9.17, 15) is 43.5 Å². The Morgan fingerprint density at radius 2 is 0.811 bits per heavy atom. The molecule has 0 bridgehead atoms. The van der Waals surface area contributed by atoms with Gasteiger partial charge in [-0.2, -0.15) is 0 Å². The summed E-state index contributed by atoms with van der Waals surface area (Å²) < 4.78 is 91.0. The molecule has 632 valence electrons. The summed E-state index contributed by atoms with van der Waals surface area (Å²) in [7, 11) is 7.63. The van der Waals surface area contributed by atoms with Crippen molar-refractivity contribution in [1.82, 2.24) is 52.5 Å². The first-order chi connectivity index (χ1) is 56.3. The summed E-state index contributed by atoms with van der Waals surface area (Å²) in [6, 6.07) is 39.3. The molecular weight excluding hydrogens is 1600 g/mol. The zero-order valence-corrected chi connectivity index (χ0v) is 67.2. The molecule has 6 N–H and O–H groups in total. The number of anilines is 2. The van der Waals surface area contributed by atoms with Crippen LogP contribution in [0.4, 0.5) is 28.9 Å². The minimum absolute atomic E-state index is 0. The molecule has 2 saturated heterocycles. The van der Waals surface area contributed by atoms with Crippen molar-refractivity contribution < 1.29 is 89.9 Å². The number of halogens is 5. The van der Waals surface area contributed by atoms with Gasteiger partial charge in [0.15, 0.2) is 0 Å². The number of amides is 2. The maximum atomic E-state index is 15.2. The van der Waals surface area contributed by atoms with E-state index in [1.807, 2.05) is 120 Å². The third-order valence-electron chi connectivity index (χ3n) is 21.2. The zero-order valence-electron chi connectivity index (χ0n) is 66.4. The van der Waals surface area contributed by atoms with Gasteiger partial charge in [-0.05, 0) is 127 Å². The van der Waals surface area contributed by atoms with Crippen LogP contribution in [0.5, 0.6) is 0 Å². The molecule has 0 aliphatic carbocycles. The van der Waals surface area contributed by atoms with Crippen molar-refractivity contribution in [3.8, 4) is 33.4 Å². The predicted octanol–water partition coefficient (Wildman–Crippen LogP) is 8.07. The van der Waals surface area contributed by atoms with E-state index >= 15 is 17.6 Å². The first-order valence-electron chi connectivity index (χ1n) is 37.4. The Labute approximate surface area is 715 Å². The SMILES string of the molecule is C.C.COC(=O)[C@@H](N)Cc1ccc(-c2cc3ccccc3n(C)c2=O)c2nccn12.COC(=O)[C@H](Cc1ccc(-c2cc3ccccc3n(C)c2=O)c2nccn12)NC(=O)c1c(F)cc(N2CCOC[C@H]2C)cc1F.C[C@@H]1COCCN1c1cc(F)c(C(=O)N[C@@H](Cc2ccc(-c3cc4ccccc4n(C)c3=O)c3nccn23)C(=O)O)c(F)c1.Cl.[Li+].[OH-]. The number of aliphatic carboxylic acids is 1. The standard InChI is InChI=1S/C33H31F2N5O5.C32H29F2N5O5.C21H20N4O3.2CH4.ClH.Li.H2O/c1-19-18-45-13-12-39(19)22-15-25(34)29(26(35)16-22)31(41)37-27(33(43)44-3)17-21-8-9-23(30-36-10-11-40(21)30)24-14-20-6-4-5-7-28(20)38(2)32(24)42;1-18-17-44-12-11-38(18)21-14-24(33)28(25(34)15-21)30(40)36-26(32(42)43)16-20-7-8-22(29-35-9-10-39(20)29)23-13-19-5-3-4-6-27(19)37(2)31(23)41;1-24-18-6-4-3-5-13(18)11-16(20(24)26)15-8-7-14(12-17(22)21(27)28-2)25-10-9-23-19(15)25;;;;;/h4-11,14-16,19,27H,12-13,17-18H2,1-3H3,(H,37,41);3-10,13-15,18,26H,11-12,16-17H2,1-2H3,(H,36,40)(H,42,43);3-11,17H,12,22H2,1-2H3;2*1H4;1H;;1H2/q;;;;;;+1;/p-1/t19-,27+;18-,26+;17-;;;;;/m110...../s1. The van der Waals surface area contributed by atoms with E-state index in [-0.39, 0.29) is 98.9 Å². The van der Waals surface area contributed by atoms with E-state index in [0.717, 1.165) is 75.3 Å². The molecule has 0 spiro atoms. The first-order valence-corrected chi connectivity index (χ1v) is 37.4. The molecule has 122 heavy (non-hydrogen) atoms. The first kappa shape index (κ1) is 93.1. The number of nitrogens with one attached hydrogen (secondary N) is 2. The number of carboxylic acids is 1. The second-order valence-corrected chi connectivity index (χ2v) is 28.5. The van der Waals surface area contributed by atoms with E-state index < -0.39 is 82.2 Å². The fraction of sp³-hybridized carbons (Fsp3) is 0.261. The Hall–Kier alpha value is -12.8. The minimum Gasteiger partial charge on any atom is -0.870 e. The maximum Gasteiger partial charge on any atom is 1.00 e. The van der Waals surface area contributed by atoms with E-state index in [0.29, 0.717) is 108 Å². The van der Waals surface area contributed by atoms with Gasteiger partial charge in [0.2, 0.25) is 0 Å². The third kappa shape index (κ3) is 18.6. The summed E-state index contributed by atoms with van der Waals surface area (Å²) in [5.41, 5.74) is 13.3. The van der Waals surface area contributed by atoms with Crippen LogP contribution in [-0.4, -0.2) is 166 Å². The number of ether oxygens (including phenoxy) is 4. The fourth-order valence-corrected chi connectivity index (χ4v) is 15.2. The van der Waals surface area contributed by atoms with Gasteiger partial charge in [-0.3, -0.25) is 28.8 Å². The zero-order chi connectivity index (χ0) is 82.8. The molecule has 11 heterocycles. The molecule has 34 heteroatoms. The van der Waals surface area contributed by atoms with E-state index in [1.54, 1.807) is 110 Å². The van der Waals surface area contributed by atoms with Crippen molar-refractivity contribution in [2.75, 3.05) is 63.5 Å². The largest absolute Gasteiger partial charge is 1.00 e. The number of imidazole rings is 3. The number of esters is 2. The van der Waals surface area contributed by atoms with Gasteiger partial charge in [-0.1, -0.05) is 69.5 Å². The number of hydrogen-bond donors (Lipinski definition) is 4. The number of nitrogens with two attached hydrogens (primary N) is 1. The molecule has 5 atom stereocenters. The number of benzene rings is 5. The number of hydrogen-bond acceptors (Lipinski definition) is 19.